The molecule has 0 aliphatic heterocycles. The first-order valence-electron chi connectivity index (χ1n) is 6.85. The van der Waals surface area contributed by atoms with E-state index in [9.17, 15) is 27.5 Å². The Morgan fingerprint density at radius 2 is 2.00 bits per heavy atom. The molecule has 0 spiro atoms. The van der Waals surface area contributed by atoms with Gasteiger partial charge in [0.25, 0.3) is 5.91 Å². The summed E-state index contributed by atoms with van der Waals surface area (Å²) >= 11 is 0. The highest BCUT2D eigenvalue weighted by Gasteiger charge is 2.36. The van der Waals surface area contributed by atoms with Gasteiger partial charge in [-0.15, -0.1) is 0 Å². The summed E-state index contributed by atoms with van der Waals surface area (Å²) < 4.78 is 51.4. The minimum absolute atomic E-state index is 0.0685. The second-order valence-corrected chi connectivity index (χ2v) is 5.66. The number of rotatable bonds is 6. The number of carbonyl (C=O) groups excluding carboxylic acids is 1. The van der Waals surface area contributed by atoms with Crippen LogP contribution in [0.15, 0.2) is 18.5 Å². The largest absolute Gasteiger partial charge is 0.408 e. The van der Waals surface area contributed by atoms with Crippen LogP contribution in [-0.4, -0.2) is 46.5 Å². The van der Waals surface area contributed by atoms with E-state index in [2.05, 4.69) is 15.6 Å². The Morgan fingerprint density at radius 3 is 2.52 bits per heavy atom. The van der Waals surface area contributed by atoms with E-state index in [1.807, 2.05) is 0 Å². The van der Waals surface area contributed by atoms with Crippen molar-refractivity contribution in [1.82, 2.24) is 10.3 Å². The third kappa shape index (κ3) is 5.66. The van der Waals surface area contributed by atoms with Gasteiger partial charge in [-0.1, -0.05) is 0 Å². The smallest absolute Gasteiger partial charge is 0.387 e. The number of aliphatic hydroxyl groups is 1. The zero-order valence-corrected chi connectivity index (χ0v) is 12.9. The molecule has 130 valence electrons. The minimum Gasteiger partial charge on any atom is -0.387 e. The molecule has 0 saturated heterocycles. The van der Waals surface area contributed by atoms with Gasteiger partial charge in [0, 0.05) is 12.4 Å². The molecule has 1 amide bonds. The van der Waals surface area contributed by atoms with Gasteiger partial charge in [0.2, 0.25) is 0 Å². The van der Waals surface area contributed by atoms with Gasteiger partial charge in [-0.3, -0.25) is 9.78 Å². The van der Waals surface area contributed by atoms with Crippen LogP contribution in [0.25, 0.3) is 0 Å². The molecule has 23 heavy (non-hydrogen) atoms. The predicted molar refractivity (Wildman–Crippen MR) is 76.9 cm³/mol. The molecule has 3 N–H and O–H groups in total. The number of anilines is 1. The van der Waals surface area contributed by atoms with Crippen molar-refractivity contribution in [3.63, 3.8) is 0 Å². The maximum Gasteiger partial charge on any atom is 0.408 e. The van der Waals surface area contributed by atoms with Crippen molar-refractivity contribution < 1.29 is 27.5 Å². The van der Waals surface area contributed by atoms with Gasteiger partial charge in [-0.2, -0.15) is 13.2 Å². The van der Waals surface area contributed by atoms with Crippen molar-refractivity contribution in [2.24, 2.45) is 0 Å². The summed E-state index contributed by atoms with van der Waals surface area (Å²) in [6, 6.07) is -0.651. The number of hydrogen-bond donors (Lipinski definition) is 3. The highest BCUT2D eigenvalue weighted by molar-refractivity contribution is 5.99. The topological polar surface area (TPSA) is 74.2 Å². The van der Waals surface area contributed by atoms with E-state index in [4.69, 9.17) is 0 Å². The average Bonchev–Trinajstić information content (AvgIpc) is 2.42. The summed E-state index contributed by atoms with van der Waals surface area (Å²) in [4.78, 5) is 15.7. The van der Waals surface area contributed by atoms with Crippen LogP contribution in [0.3, 0.4) is 0 Å². The molecule has 0 saturated carbocycles. The molecular formula is C14H19F4N3O2. The maximum absolute atomic E-state index is 13.6. The molecular weight excluding hydrogens is 318 g/mol. The Hall–Kier alpha value is -1.90. The molecule has 0 bridgehead atoms. The number of carbonyl (C=O) groups is 1. The molecule has 0 aromatic carbocycles. The van der Waals surface area contributed by atoms with Gasteiger partial charge in [-0.05, 0) is 26.8 Å². The molecule has 2 atom stereocenters. The van der Waals surface area contributed by atoms with Crippen LogP contribution < -0.4 is 10.6 Å². The van der Waals surface area contributed by atoms with E-state index in [0.29, 0.717) is 0 Å². The second kappa shape index (κ2) is 7.12. The lowest BCUT2D eigenvalue weighted by Crippen LogP contribution is -2.42. The van der Waals surface area contributed by atoms with Gasteiger partial charge in [0.1, 0.15) is 12.2 Å². The fourth-order valence-corrected chi connectivity index (χ4v) is 1.54. The van der Waals surface area contributed by atoms with Crippen LogP contribution in [0, 0.1) is 0 Å². The van der Waals surface area contributed by atoms with Gasteiger partial charge >= 0.3 is 6.18 Å². The molecule has 1 rings (SSSR count). The van der Waals surface area contributed by atoms with Crippen molar-refractivity contribution in [3.05, 3.63) is 24.0 Å². The van der Waals surface area contributed by atoms with Crippen molar-refractivity contribution >= 4 is 11.6 Å². The fourth-order valence-electron chi connectivity index (χ4n) is 1.54. The standard InChI is InChI=1S/C14H19F4N3O2/c1-8(14(16,17)18)21-10-4-5-19-6-9(10)12(22)20-7-11(15)13(2,3)23/h4-6,8,11,23H,7H2,1-3H3,(H,19,21)(H,20,22)/t8?,11-/m1/s1. The lowest BCUT2D eigenvalue weighted by Gasteiger charge is -2.23. The van der Waals surface area contributed by atoms with Crippen LogP contribution >= 0.6 is 0 Å². The lowest BCUT2D eigenvalue weighted by atomic mass is 10.0. The molecule has 1 unspecified atom stereocenters. The first-order chi connectivity index (χ1) is 10.4. The normalized spacial score (nSPS) is 15.0. The summed E-state index contributed by atoms with van der Waals surface area (Å²) in [5.41, 5.74) is -1.86. The lowest BCUT2D eigenvalue weighted by molar-refractivity contribution is -0.138. The third-order valence-electron chi connectivity index (χ3n) is 3.14. The zero-order valence-electron chi connectivity index (χ0n) is 12.9. The Kier molecular flexibility index (Phi) is 5.92. The average molecular weight is 337 g/mol. The summed E-state index contributed by atoms with van der Waals surface area (Å²) in [7, 11) is 0. The zero-order chi connectivity index (χ0) is 17.8. The molecule has 0 aliphatic carbocycles. The third-order valence-corrected chi connectivity index (χ3v) is 3.14. The molecule has 9 heteroatoms. The van der Waals surface area contributed by atoms with Crippen LogP contribution in [0.5, 0.6) is 0 Å². The van der Waals surface area contributed by atoms with Gasteiger partial charge in [-0.25, -0.2) is 4.39 Å². The monoisotopic (exact) mass is 337 g/mol. The van der Waals surface area contributed by atoms with E-state index in [-0.39, 0.29) is 11.3 Å². The number of hydrogen-bond acceptors (Lipinski definition) is 4. The molecule has 1 heterocycles. The number of pyridine rings is 1. The fraction of sp³-hybridized carbons (Fsp3) is 0.571. The highest BCUT2D eigenvalue weighted by Crippen LogP contribution is 2.24. The molecule has 0 radical (unpaired) electrons. The van der Waals surface area contributed by atoms with E-state index < -0.39 is 36.4 Å². The molecule has 1 aromatic heterocycles. The molecule has 1 aromatic rings. The summed E-state index contributed by atoms with van der Waals surface area (Å²) in [5, 5.41) is 13.9. The Balaban J connectivity index is 2.82. The molecule has 0 fully saturated rings. The van der Waals surface area contributed by atoms with E-state index >= 15 is 0 Å². The van der Waals surface area contributed by atoms with Crippen LogP contribution in [0.4, 0.5) is 23.2 Å². The first-order valence-corrected chi connectivity index (χ1v) is 6.85. The van der Waals surface area contributed by atoms with Crippen molar-refractivity contribution in [2.45, 2.75) is 44.8 Å². The van der Waals surface area contributed by atoms with E-state index in [1.54, 1.807) is 0 Å². The number of aromatic nitrogens is 1. The van der Waals surface area contributed by atoms with Gasteiger partial charge < -0.3 is 15.7 Å². The molecule has 0 aliphatic rings. The van der Waals surface area contributed by atoms with E-state index in [1.165, 1.54) is 26.1 Å². The Bertz CT molecular complexity index is 544. The van der Waals surface area contributed by atoms with E-state index in [0.717, 1.165) is 13.1 Å². The number of nitrogens with one attached hydrogen (secondary N) is 2. The van der Waals surface area contributed by atoms with Crippen molar-refractivity contribution in [1.29, 1.82) is 0 Å². The maximum atomic E-state index is 13.6. The quantitative estimate of drug-likeness (QED) is 0.696. The van der Waals surface area contributed by atoms with Gasteiger partial charge in [0.15, 0.2) is 0 Å². The summed E-state index contributed by atoms with van der Waals surface area (Å²) in [6.07, 6.45) is -3.90. The Labute approximate surface area is 131 Å². The van der Waals surface area contributed by atoms with Crippen LogP contribution in [0.1, 0.15) is 31.1 Å². The predicted octanol–water partition coefficient (Wildman–Crippen LogP) is 2.28. The SMILES string of the molecule is CC(Nc1ccncc1C(=O)NC[C@@H](F)C(C)(C)O)C(F)(F)F. The van der Waals surface area contributed by atoms with Crippen molar-refractivity contribution in [3.8, 4) is 0 Å². The Morgan fingerprint density at radius 1 is 1.39 bits per heavy atom. The summed E-state index contributed by atoms with van der Waals surface area (Å²) in [6.45, 7) is 2.91. The van der Waals surface area contributed by atoms with Crippen LogP contribution in [-0.2, 0) is 0 Å². The number of halogens is 4. The highest BCUT2D eigenvalue weighted by atomic mass is 19.4. The molecule has 5 nitrogen and oxygen atoms in total. The van der Waals surface area contributed by atoms with Crippen molar-refractivity contribution in [2.75, 3.05) is 11.9 Å². The van der Waals surface area contributed by atoms with Crippen LogP contribution in [0.2, 0.25) is 0 Å². The first kappa shape index (κ1) is 19.1. The summed E-state index contributed by atoms with van der Waals surface area (Å²) in [5.74, 6) is -0.790. The minimum atomic E-state index is -4.48. The number of nitrogens with zero attached hydrogens (tertiary/aromatic N) is 1. The van der Waals surface area contributed by atoms with Gasteiger partial charge in [0.05, 0.1) is 23.4 Å². The number of alkyl halides is 4. The number of amides is 1. The second-order valence-electron chi connectivity index (χ2n) is 5.66.